The van der Waals surface area contributed by atoms with Crippen LogP contribution in [0.4, 0.5) is 23.4 Å². The van der Waals surface area contributed by atoms with Crippen molar-refractivity contribution < 1.29 is 17.6 Å². The molecule has 1 aromatic carbocycles. The van der Waals surface area contributed by atoms with Gasteiger partial charge in [-0.3, -0.25) is 0 Å². The van der Waals surface area contributed by atoms with Crippen LogP contribution in [0.25, 0.3) is 5.78 Å². The van der Waals surface area contributed by atoms with E-state index in [2.05, 4.69) is 20.4 Å². The summed E-state index contributed by atoms with van der Waals surface area (Å²) in [5.41, 5.74) is 1.38. The number of benzene rings is 1. The van der Waals surface area contributed by atoms with E-state index in [9.17, 15) is 17.6 Å². The highest BCUT2D eigenvalue weighted by molar-refractivity contribution is 5.48. The second-order valence-electron chi connectivity index (χ2n) is 6.08. The fraction of sp³-hybridized carbons (Fsp3) is 0.312. The van der Waals surface area contributed by atoms with E-state index in [1.165, 1.54) is 12.1 Å². The number of rotatable bonds is 3. The Hall–Kier alpha value is -2.71. The summed E-state index contributed by atoms with van der Waals surface area (Å²) in [7, 11) is 0. The van der Waals surface area contributed by atoms with Gasteiger partial charge in [-0.05, 0) is 31.0 Å². The van der Waals surface area contributed by atoms with Crippen LogP contribution in [-0.2, 0) is 6.18 Å². The Bertz CT molecular complexity index is 949. The number of hydrogen-bond acceptors (Lipinski definition) is 4. The highest BCUT2D eigenvalue weighted by Crippen LogP contribution is 2.43. The van der Waals surface area contributed by atoms with E-state index >= 15 is 0 Å². The maximum atomic E-state index is 13.3. The number of anilines is 1. The highest BCUT2D eigenvalue weighted by atomic mass is 19.4. The number of fused-ring (bicyclic) bond motifs is 1. The Morgan fingerprint density at radius 2 is 2.00 bits per heavy atom. The highest BCUT2D eigenvalue weighted by Gasteiger charge is 2.40. The molecule has 1 saturated carbocycles. The lowest BCUT2D eigenvalue weighted by Crippen LogP contribution is -2.11. The molecular formula is C16H13F4N5. The van der Waals surface area contributed by atoms with Gasteiger partial charge in [-0.2, -0.15) is 22.7 Å². The third-order valence-electron chi connectivity index (χ3n) is 4.09. The van der Waals surface area contributed by atoms with E-state index in [4.69, 9.17) is 0 Å². The molecule has 2 heterocycles. The van der Waals surface area contributed by atoms with Crippen molar-refractivity contribution >= 4 is 11.6 Å². The Balaban J connectivity index is 1.63. The van der Waals surface area contributed by atoms with Crippen LogP contribution in [0, 0.1) is 12.7 Å². The molecule has 4 rings (SSSR count). The van der Waals surface area contributed by atoms with Crippen molar-refractivity contribution in [2.75, 3.05) is 5.32 Å². The molecule has 1 aliphatic rings. The Kier molecular flexibility index (Phi) is 3.41. The number of nitrogens with zero attached hydrogens (tertiary/aromatic N) is 4. The minimum atomic E-state index is -4.64. The molecule has 0 aliphatic heterocycles. The first-order valence-electron chi connectivity index (χ1n) is 7.65. The van der Waals surface area contributed by atoms with Crippen LogP contribution >= 0.6 is 0 Å². The zero-order valence-electron chi connectivity index (χ0n) is 13.0. The summed E-state index contributed by atoms with van der Waals surface area (Å²) in [5.74, 6) is -1.17. The first kappa shape index (κ1) is 15.8. The van der Waals surface area contributed by atoms with Crippen LogP contribution in [0.1, 0.15) is 29.4 Å². The molecule has 1 aliphatic carbocycles. The maximum Gasteiger partial charge on any atom is 0.453 e. The van der Waals surface area contributed by atoms with Crippen molar-refractivity contribution in [3.8, 4) is 0 Å². The monoisotopic (exact) mass is 351 g/mol. The van der Waals surface area contributed by atoms with Gasteiger partial charge in [0.15, 0.2) is 0 Å². The van der Waals surface area contributed by atoms with Gasteiger partial charge >= 0.3 is 6.18 Å². The van der Waals surface area contributed by atoms with Crippen LogP contribution in [0.15, 0.2) is 30.3 Å². The lowest BCUT2D eigenvalue weighted by molar-refractivity contribution is -0.144. The van der Waals surface area contributed by atoms with Crippen molar-refractivity contribution in [3.05, 3.63) is 53.2 Å². The summed E-state index contributed by atoms with van der Waals surface area (Å²) < 4.78 is 52.9. The second kappa shape index (κ2) is 5.40. The smallest absolute Gasteiger partial charge is 0.366 e. The van der Waals surface area contributed by atoms with Gasteiger partial charge in [-0.25, -0.2) is 9.37 Å². The SMILES string of the molecule is Cc1cc(N[C@@H]2C[C@H]2c2cccc(F)c2)n2nc(C(F)(F)F)nc2n1. The zero-order chi connectivity index (χ0) is 17.8. The van der Waals surface area contributed by atoms with Gasteiger partial charge in [-0.15, -0.1) is 5.10 Å². The number of alkyl halides is 3. The largest absolute Gasteiger partial charge is 0.453 e. The topological polar surface area (TPSA) is 55.1 Å². The van der Waals surface area contributed by atoms with Crippen LogP contribution in [0.2, 0.25) is 0 Å². The van der Waals surface area contributed by atoms with E-state index in [1.54, 1.807) is 19.1 Å². The van der Waals surface area contributed by atoms with Crippen molar-refractivity contribution in [1.82, 2.24) is 19.6 Å². The van der Waals surface area contributed by atoms with Gasteiger partial charge in [0.25, 0.3) is 11.6 Å². The lowest BCUT2D eigenvalue weighted by atomic mass is 10.1. The quantitative estimate of drug-likeness (QED) is 0.733. The molecule has 25 heavy (non-hydrogen) atoms. The van der Waals surface area contributed by atoms with Gasteiger partial charge in [0.05, 0.1) is 0 Å². The summed E-state index contributed by atoms with van der Waals surface area (Å²) in [5, 5.41) is 6.68. The van der Waals surface area contributed by atoms with E-state index in [1.807, 2.05) is 6.07 Å². The molecule has 0 spiro atoms. The molecule has 1 N–H and O–H groups in total. The summed E-state index contributed by atoms with van der Waals surface area (Å²) in [6, 6.07) is 7.92. The molecule has 9 heteroatoms. The van der Waals surface area contributed by atoms with Crippen LogP contribution < -0.4 is 5.32 Å². The first-order chi connectivity index (χ1) is 11.8. The van der Waals surface area contributed by atoms with Gasteiger partial charge in [0, 0.05) is 23.7 Å². The van der Waals surface area contributed by atoms with E-state index in [0.29, 0.717) is 11.5 Å². The summed E-state index contributed by atoms with van der Waals surface area (Å²) in [4.78, 5) is 7.43. The van der Waals surface area contributed by atoms with E-state index in [-0.39, 0.29) is 23.6 Å². The van der Waals surface area contributed by atoms with Crippen molar-refractivity contribution in [2.24, 2.45) is 0 Å². The fourth-order valence-corrected chi connectivity index (χ4v) is 2.86. The van der Waals surface area contributed by atoms with Gasteiger partial charge in [-0.1, -0.05) is 12.1 Å². The standard InChI is InChI=1S/C16H13F4N5/c1-8-5-13(25-15(21-8)23-14(24-25)16(18,19)20)22-12-7-11(12)9-3-2-4-10(17)6-9/h2-6,11-12,22H,7H2,1H3/t11-,12+/m0/s1. The van der Waals surface area contributed by atoms with Gasteiger partial charge in [0.2, 0.25) is 0 Å². The van der Waals surface area contributed by atoms with E-state index in [0.717, 1.165) is 16.5 Å². The number of nitrogens with one attached hydrogen (secondary N) is 1. The molecule has 130 valence electrons. The molecule has 1 fully saturated rings. The van der Waals surface area contributed by atoms with Crippen LogP contribution in [0.5, 0.6) is 0 Å². The molecule has 3 aromatic rings. The van der Waals surface area contributed by atoms with Crippen molar-refractivity contribution in [3.63, 3.8) is 0 Å². The number of aryl methyl sites for hydroxylation is 1. The first-order valence-corrected chi connectivity index (χ1v) is 7.65. The molecule has 2 atom stereocenters. The predicted octanol–water partition coefficient (Wildman–Crippen LogP) is 3.56. The number of halogens is 4. The molecule has 0 radical (unpaired) electrons. The van der Waals surface area contributed by atoms with Crippen LogP contribution in [0.3, 0.4) is 0 Å². The maximum absolute atomic E-state index is 13.3. The average Bonchev–Trinajstić information content (AvgIpc) is 3.13. The molecule has 2 aromatic heterocycles. The van der Waals surface area contributed by atoms with Crippen LogP contribution in [-0.4, -0.2) is 25.6 Å². The molecule has 0 bridgehead atoms. The minimum absolute atomic E-state index is 0.00895. The molecular weight excluding hydrogens is 338 g/mol. The lowest BCUT2D eigenvalue weighted by Gasteiger charge is -2.08. The zero-order valence-corrected chi connectivity index (χ0v) is 13.0. The van der Waals surface area contributed by atoms with Crippen molar-refractivity contribution in [2.45, 2.75) is 31.5 Å². The average molecular weight is 351 g/mol. The molecule has 0 amide bonds. The molecule has 0 saturated heterocycles. The predicted molar refractivity (Wildman–Crippen MR) is 81.7 cm³/mol. The Labute approximate surface area is 139 Å². The van der Waals surface area contributed by atoms with Gasteiger partial charge < -0.3 is 5.32 Å². The third-order valence-corrected chi connectivity index (χ3v) is 4.09. The summed E-state index contributed by atoms with van der Waals surface area (Å²) >= 11 is 0. The molecule has 5 nitrogen and oxygen atoms in total. The second-order valence-corrected chi connectivity index (χ2v) is 6.08. The van der Waals surface area contributed by atoms with Crippen molar-refractivity contribution in [1.29, 1.82) is 0 Å². The summed E-state index contributed by atoms with van der Waals surface area (Å²) in [6.45, 7) is 1.67. The summed E-state index contributed by atoms with van der Waals surface area (Å²) in [6.07, 6.45) is -3.88. The normalized spacial score (nSPS) is 20.0. The Morgan fingerprint density at radius 1 is 1.20 bits per heavy atom. The number of aromatic nitrogens is 4. The number of hydrogen-bond donors (Lipinski definition) is 1. The minimum Gasteiger partial charge on any atom is -0.366 e. The Morgan fingerprint density at radius 3 is 2.72 bits per heavy atom. The van der Waals surface area contributed by atoms with E-state index < -0.39 is 12.0 Å². The van der Waals surface area contributed by atoms with Gasteiger partial charge in [0.1, 0.15) is 11.6 Å². The molecule has 0 unspecified atom stereocenters. The third kappa shape index (κ3) is 3.01. The fourth-order valence-electron chi connectivity index (χ4n) is 2.86.